The van der Waals surface area contributed by atoms with Crippen LogP contribution in [0.25, 0.3) is 22.8 Å². The van der Waals surface area contributed by atoms with Gasteiger partial charge in [0.15, 0.2) is 0 Å². The van der Waals surface area contributed by atoms with Crippen LogP contribution in [-0.2, 0) is 0 Å². The minimum absolute atomic E-state index is 0.0843. The Balaban J connectivity index is 2.01. The molecule has 0 atom stereocenters. The minimum Gasteiger partial charge on any atom is -0.508 e. The standard InChI is InChI=1S/C14H8BrClN2O3/c15-11-5-7(1-2-12(11)16)13-17-14(21-18-13)8-3-9(19)6-10(20)4-8/h1-6,19-20H. The molecule has 0 spiro atoms. The van der Waals surface area contributed by atoms with Gasteiger partial charge in [-0.3, -0.25) is 0 Å². The molecule has 1 heterocycles. The molecule has 0 radical (unpaired) electrons. The second-order valence-electron chi connectivity index (χ2n) is 4.29. The summed E-state index contributed by atoms with van der Waals surface area (Å²) < 4.78 is 5.88. The monoisotopic (exact) mass is 366 g/mol. The van der Waals surface area contributed by atoms with Gasteiger partial charge in [-0.05, 0) is 46.3 Å². The smallest absolute Gasteiger partial charge is 0.258 e. The molecule has 0 amide bonds. The van der Waals surface area contributed by atoms with Crippen molar-refractivity contribution in [3.63, 3.8) is 0 Å². The first-order chi connectivity index (χ1) is 10.0. The quantitative estimate of drug-likeness (QED) is 0.708. The predicted octanol–water partition coefficient (Wildman–Crippen LogP) is 4.23. The van der Waals surface area contributed by atoms with Crippen molar-refractivity contribution in [3.05, 3.63) is 45.9 Å². The number of aromatic nitrogens is 2. The molecule has 0 aliphatic rings. The van der Waals surface area contributed by atoms with E-state index >= 15 is 0 Å². The van der Waals surface area contributed by atoms with Crippen molar-refractivity contribution in [3.8, 4) is 34.3 Å². The molecule has 2 aromatic carbocycles. The molecule has 106 valence electrons. The lowest BCUT2D eigenvalue weighted by atomic mass is 10.2. The molecule has 0 saturated heterocycles. The van der Waals surface area contributed by atoms with Gasteiger partial charge < -0.3 is 14.7 Å². The van der Waals surface area contributed by atoms with Crippen LogP contribution in [0.15, 0.2) is 45.4 Å². The maximum Gasteiger partial charge on any atom is 0.258 e. The highest BCUT2D eigenvalue weighted by molar-refractivity contribution is 9.10. The Morgan fingerprint density at radius 1 is 1.00 bits per heavy atom. The second kappa shape index (κ2) is 5.38. The maximum atomic E-state index is 9.48. The summed E-state index contributed by atoms with van der Waals surface area (Å²) in [5.41, 5.74) is 1.16. The van der Waals surface area contributed by atoms with E-state index < -0.39 is 0 Å². The Kier molecular flexibility index (Phi) is 3.57. The van der Waals surface area contributed by atoms with Gasteiger partial charge in [0.25, 0.3) is 5.89 Å². The van der Waals surface area contributed by atoms with Gasteiger partial charge in [-0.25, -0.2) is 0 Å². The van der Waals surface area contributed by atoms with Gasteiger partial charge in [-0.15, -0.1) is 0 Å². The zero-order valence-electron chi connectivity index (χ0n) is 10.4. The first-order valence-corrected chi connectivity index (χ1v) is 7.02. The van der Waals surface area contributed by atoms with Gasteiger partial charge >= 0.3 is 0 Å². The van der Waals surface area contributed by atoms with Crippen molar-refractivity contribution in [2.24, 2.45) is 0 Å². The number of rotatable bonds is 2. The zero-order valence-corrected chi connectivity index (χ0v) is 12.8. The zero-order chi connectivity index (χ0) is 15.0. The SMILES string of the molecule is Oc1cc(O)cc(-c2nc(-c3ccc(Cl)c(Br)c3)no2)c1. The molecule has 0 bridgehead atoms. The molecule has 5 nitrogen and oxygen atoms in total. The molecule has 1 aromatic heterocycles. The van der Waals surface area contributed by atoms with Crippen LogP contribution in [-0.4, -0.2) is 20.4 Å². The lowest BCUT2D eigenvalue weighted by Crippen LogP contribution is -1.82. The predicted molar refractivity (Wildman–Crippen MR) is 81.2 cm³/mol. The topological polar surface area (TPSA) is 79.4 Å². The molecule has 7 heteroatoms. The van der Waals surface area contributed by atoms with Crippen LogP contribution in [0.1, 0.15) is 0 Å². The molecule has 3 rings (SSSR count). The highest BCUT2D eigenvalue weighted by atomic mass is 79.9. The first-order valence-electron chi connectivity index (χ1n) is 5.85. The van der Waals surface area contributed by atoms with Crippen LogP contribution in [0.4, 0.5) is 0 Å². The van der Waals surface area contributed by atoms with Crippen LogP contribution in [0.5, 0.6) is 11.5 Å². The number of nitrogens with zero attached hydrogens (tertiary/aromatic N) is 2. The Morgan fingerprint density at radius 3 is 2.38 bits per heavy atom. The number of benzene rings is 2. The lowest BCUT2D eigenvalue weighted by molar-refractivity contribution is 0.428. The number of phenols is 2. The van der Waals surface area contributed by atoms with Crippen molar-refractivity contribution < 1.29 is 14.7 Å². The molecule has 3 aromatic rings. The van der Waals surface area contributed by atoms with Crippen molar-refractivity contribution in [1.82, 2.24) is 10.1 Å². The summed E-state index contributed by atoms with van der Waals surface area (Å²) in [7, 11) is 0. The fourth-order valence-electron chi connectivity index (χ4n) is 1.81. The highest BCUT2D eigenvalue weighted by Gasteiger charge is 2.13. The van der Waals surface area contributed by atoms with E-state index in [2.05, 4.69) is 26.1 Å². The first kappa shape index (κ1) is 13.9. The molecule has 0 aliphatic carbocycles. The fourth-order valence-corrected chi connectivity index (χ4v) is 2.31. The normalized spacial score (nSPS) is 10.8. The number of hydrogen-bond acceptors (Lipinski definition) is 5. The van der Waals surface area contributed by atoms with E-state index in [0.717, 1.165) is 10.0 Å². The van der Waals surface area contributed by atoms with E-state index in [0.29, 0.717) is 16.4 Å². The lowest BCUT2D eigenvalue weighted by Gasteiger charge is -1.98. The van der Waals surface area contributed by atoms with Gasteiger partial charge in [-0.1, -0.05) is 16.8 Å². The van der Waals surface area contributed by atoms with E-state index in [1.165, 1.54) is 18.2 Å². The van der Waals surface area contributed by atoms with Crippen molar-refractivity contribution in [2.75, 3.05) is 0 Å². The van der Waals surface area contributed by atoms with Gasteiger partial charge in [0.2, 0.25) is 5.82 Å². The minimum atomic E-state index is -0.0843. The Bertz CT molecular complexity index is 799. The van der Waals surface area contributed by atoms with E-state index in [1.807, 2.05) is 0 Å². The van der Waals surface area contributed by atoms with Crippen LogP contribution in [0, 0.1) is 0 Å². The number of aromatic hydroxyl groups is 2. The summed E-state index contributed by atoms with van der Waals surface area (Å²) in [6, 6.07) is 9.33. The number of hydrogen-bond donors (Lipinski definition) is 2. The van der Waals surface area contributed by atoms with Gasteiger partial charge in [0.05, 0.1) is 5.02 Å². The molecule has 0 aliphatic heterocycles. The largest absolute Gasteiger partial charge is 0.508 e. The summed E-state index contributed by atoms with van der Waals surface area (Å²) in [4.78, 5) is 4.24. The molecule has 21 heavy (non-hydrogen) atoms. The third-order valence-corrected chi connectivity index (χ3v) is 3.97. The maximum absolute atomic E-state index is 9.48. The van der Waals surface area contributed by atoms with Crippen molar-refractivity contribution in [1.29, 1.82) is 0 Å². The Labute approximate surface area is 132 Å². The van der Waals surface area contributed by atoms with Crippen LogP contribution < -0.4 is 0 Å². The third kappa shape index (κ3) is 2.86. The van der Waals surface area contributed by atoms with E-state index in [4.69, 9.17) is 16.1 Å². The van der Waals surface area contributed by atoms with Crippen molar-refractivity contribution >= 4 is 27.5 Å². The average Bonchev–Trinajstić information content (AvgIpc) is 2.90. The molecular formula is C14H8BrClN2O3. The van der Waals surface area contributed by atoms with Crippen LogP contribution in [0.3, 0.4) is 0 Å². The molecule has 0 fully saturated rings. The number of halogens is 2. The molecule has 0 saturated carbocycles. The summed E-state index contributed by atoms with van der Waals surface area (Å²) >= 11 is 9.27. The number of phenolic OH excluding ortho intramolecular Hbond substituents is 2. The Morgan fingerprint density at radius 2 is 1.71 bits per heavy atom. The van der Waals surface area contributed by atoms with Crippen LogP contribution >= 0.6 is 27.5 Å². The van der Waals surface area contributed by atoms with Gasteiger partial charge in [-0.2, -0.15) is 4.98 Å². The van der Waals surface area contributed by atoms with E-state index in [1.54, 1.807) is 18.2 Å². The molecule has 2 N–H and O–H groups in total. The molecule has 0 unspecified atom stereocenters. The average molecular weight is 368 g/mol. The summed E-state index contributed by atoms with van der Waals surface area (Å²) in [5.74, 6) is 0.408. The van der Waals surface area contributed by atoms with Gasteiger partial charge in [0.1, 0.15) is 11.5 Å². The van der Waals surface area contributed by atoms with E-state index in [9.17, 15) is 10.2 Å². The summed E-state index contributed by atoms with van der Waals surface area (Å²) in [6.45, 7) is 0. The highest BCUT2D eigenvalue weighted by Crippen LogP contribution is 2.31. The second-order valence-corrected chi connectivity index (χ2v) is 5.55. The molecular weight excluding hydrogens is 360 g/mol. The summed E-state index contributed by atoms with van der Waals surface area (Å²) in [5, 5.41) is 23.4. The van der Waals surface area contributed by atoms with Crippen molar-refractivity contribution in [2.45, 2.75) is 0 Å². The van der Waals surface area contributed by atoms with Gasteiger partial charge in [0, 0.05) is 21.7 Å². The van der Waals surface area contributed by atoms with E-state index in [-0.39, 0.29) is 17.4 Å². The van der Waals surface area contributed by atoms with Crippen LogP contribution in [0.2, 0.25) is 5.02 Å². The summed E-state index contributed by atoms with van der Waals surface area (Å²) in [6.07, 6.45) is 0. The Hall–Kier alpha value is -2.05. The fraction of sp³-hybridized carbons (Fsp3) is 0. The third-order valence-electron chi connectivity index (χ3n) is 2.75.